The van der Waals surface area contributed by atoms with Gasteiger partial charge in [0.15, 0.2) is 0 Å². The molecule has 4 nitrogen and oxygen atoms in total. The molecule has 0 fully saturated rings. The molecule has 259 valence electrons. The van der Waals surface area contributed by atoms with Gasteiger partial charge in [-0.2, -0.15) is 0 Å². The first-order valence-electron chi connectivity index (χ1n) is 17.5. The van der Waals surface area contributed by atoms with E-state index in [-0.39, 0.29) is 20.1 Å². The first kappa shape index (κ1) is 36.2. The molecule has 8 aromatic rings. The Labute approximate surface area is 316 Å². The van der Waals surface area contributed by atoms with Crippen LogP contribution in [0.1, 0.15) is 50.7 Å². The number of para-hydroxylation sites is 4. The molecule has 0 saturated heterocycles. The van der Waals surface area contributed by atoms with Crippen molar-refractivity contribution in [1.29, 1.82) is 0 Å². The molecule has 51 heavy (non-hydrogen) atoms. The molecular weight excluding hydrogens is 819 g/mol. The van der Waals surface area contributed by atoms with Crippen LogP contribution < -0.4 is 5.19 Å². The van der Waals surface area contributed by atoms with Gasteiger partial charge in [0.1, 0.15) is 5.58 Å². The molecule has 8 rings (SSSR count). The number of nitrogens with zero attached hydrogens (tertiary/aromatic N) is 3. The van der Waals surface area contributed by atoms with Gasteiger partial charge in [0.05, 0.1) is 30.5 Å². The third kappa shape index (κ3) is 7.27. The van der Waals surface area contributed by atoms with Gasteiger partial charge in [-0.05, 0) is 47.1 Å². The number of hydrogen-bond donors (Lipinski definition) is 0. The maximum absolute atomic E-state index is 6.24. The number of imidazole rings is 1. The van der Waals surface area contributed by atoms with Gasteiger partial charge >= 0.3 is 0 Å². The minimum atomic E-state index is -1.36. The number of pyridine rings is 1. The maximum Gasteiger partial charge on any atom is 0.120 e. The van der Waals surface area contributed by atoms with Crippen molar-refractivity contribution in [3.63, 3.8) is 0 Å². The van der Waals surface area contributed by atoms with E-state index in [1.807, 2.05) is 60.7 Å². The summed E-state index contributed by atoms with van der Waals surface area (Å²) in [6.45, 7) is 16.1. The monoisotopic (exact) mass is 862 g/mol. The van der Waals surface area contributed by atoms with Crippen LogP contribution in [0.3, 0.4) is 0 Å². The smallest absolute Gasteiger partial charge is 0.120 e. The average Bonchev–Trinajstić information content (AvgIpc) is 3.71. The Balaban J connectivity index is 0.000000178. The van der Waals surface area contributed by atoms with Gasteiger partial charge in [-0.1, -0.05) is 124 Å². The normalized spacial score (nSPS) is 11.6. The van der Waals surface area contributed by atoms with Crippen LogP contribution in [0.2, 0.25) is 19.6 Å². The van der Waals surface area contributed by atoms with Gasteiger partial charge in [0, 0.05) is 37.4 Å². The zero-order valence-electron chi connectivity index (χ0n) is 30.3. The second-order valence-electron chi connectivity index (χ2n) is 14.5. The molecular formula is C45H43IrN3OSi-2. The van der Waals surface area contributed by atoms with E-state index in [0.29, 0.717) is 11.8 Å². The van der Waals surface area contributed by atoms with Crippen LogP contribution in [0.15, 0.2) is 126 Å². The van der Waals surface area contributed by atoms with E-state index < -0.39 is 8.07 Å². The zero-order chi connectivity index (χ0) is 35.0. The van der Waals surface area contributed by atoms with Crippen molar-refractivity contribution in [2.45, 2.75) is 59.2 Å². The largest absolute Gasteiger partial charge is 0.501 e. The molecule has 6 heteroatoms. The van der Waals surface area contributed by atoms with Gasteiger partial charge in [-0.3, -0.25) is 4.98 Å². The summed E-state index contributed by atoms with van der Waals surface area (Å²) in [5.74, 6) is 1.90. The number of fused-ring (bicyclic) bond motifs is 4. The molecule has 0 aliphatic carbocycles. The van der Waals surface area contributed by atoms with Crippen LogP contribution in [0.25, 0.3) is 61.3 Å². The van der Waals surface area contributed by atoms with Crippen molar-refractivity contribution in [1.82, 2.24) is 14.5 Å². The van der Waals surface area contributed by atoms with Gasteiger partial charge < -0.3 is 14.0 Å². The van der Waals surface area contributed by atoms with E-state index in [2.05, 4.69) is 125 Å². The first-order chi connectivity index (χ1) is 24.1. The molecule has 0 aliphatic heterocycles. The minimum absolute atomic E-state index is 0. The van der Waals surface area contributed by atoms with E-state index in [9.17, 15) is 0 Å². The molecule has 0 atom stereocenters. The Morgan fingerprint density at radius 1 is 0.745 bits per heavy atom. The molecule has 3 aromatic heterocycles. The van der Waals surface area contributed by atoms with Crippen molar-refractivity contribution < 1.29 is 24.5 Å². The Morgan fingerprint density at radius 3 is 2.18 bits per heavy atom. The standard InChI is InChI=1S/C25H15N2O.C20H28NSi.Ir/c1-2-9-17(10-3-1)27-22-15-6-5-14-21(22)26-25(27)20-13-8-12-19-18-11-4-7-16-23(18)28-24(19)20;1-14(2)16-8-10-17(11-9-16)19-12-18(15(3)4)20(13-21-19)22(5,6)7;/h1-12,14-16H;8-10,12-15H,1-7H3;/q2*-1;. The van der Waals surface area contributed by atoms with Crippen LogP contribution in [0.5, 0.6) is 0 Å². The molecule has 5 aromatic carbocycles. The summed E-state index contributed by atoms with van der Waals surface area (Å²) in [7, 11) is -1.36. The molecule has 0 amide bonds. The number of hydrogen-bond acceptors (Lipinski definition) is 3. The first-order valence-corrected chi connectivity index (χ1v) is 21.0. The summed E-state index contributed by atoms with van der Waals surface area (Å²) in [4.78, 5) is 9.69. The summed E-state index contributed by atoms with van der Waals surface area (Å²) in [5, 5.41) is 3.66. The van der Waals surface area contributed by atoms with Crippen molar-refractivity contribution in [3.05, 3.63) is 145 Å². The Kier molecular flexibility index (Phi) is 10.6. The Morgan fingerprint density at radius 2 is 1.47 bits per heavy atom. The molecule has 3 heterocycles. The number of furan rings is 1. The van der Waals surface area contributed by atoms with Crippen molar-refractivity contribution in [2.24, 2.45) is 0 Å². The third-order valence-corrected chi connectivity index (χ3v) is 11.3. The third-order valence-electron chi connectivity index (χ3n) is 9.28. The Bertz CT molecular complexity index is 2420. The van der Waals surface area contributed by atoms with E-state index in [1.165, 1.54) is 16.3 Å². The summed E-state index contributed by atoms with van der Waals surface area (Å²) in [6.07, 6.45) is 2.11. The molecule has 0 aliphatic rings. The molecule has 0 N–H and O–H groups in total. The molecule has 0 bridgehead atoms. The van der Waals surface area contributed by atoms with Crippen LogP contribution in [0.4, 0.5) is 0 Å². The number of benzene rings is 5. The summed E-state index contributed by atoms with van der Waals surface area (Å²) >= 11 is 0. The van der Waals surface area contributed by atoms with E-state index in [4.69, 9.17) is 14.4 Å². The molecule has 0 spiro atoms. The van der Waals surface area contributed by atoms with Gasteiger partial charge in [0.25, 0.3) is 0 Å². The quantitative estimate of drug-likeness (QED) is 0.124. The molecule has 0 saturated carbocycles. The van der Waals surface area contributed by atoms with E-state index in [0.717, 1.165) is 61.3 Å². The van der Waals surface area contributed by atoms with Crippen molar-refractivity contribution in [3.8, 4) is 28.3 Å². The van der Waals surface area contributed by atoms with Gasteiger partial charge in [-0.15, -0.1) is 53.6 Å². The number of rotatable bonds is 6. The average molecular weight is 862 g/mol. The number of aromatic nitrogens is 3. The predicted molar refractivity (Wildman–Crippen MR) is 212 cm³/mol. The van der Waals surface area contributed by atoms with Crippen LogP contribution in [0, 0.1) is 12.1 Å². The van der Waals surface area contributed by atoms with Crippen LogP contribution >= 0.6 is 0 Å². The second kappa shape index (κ2) is 14.9. The fourth-order valence-corrected chi connectivity index (χ4v) is 8.25. The van der Waals surface area contributed by atoms with E-state index in [1.54, 1.807) is 0 Å². The van der Waals surface area contributed by atoms with Gasteiger partial charge in [-0.25, -0.2) is 0 Å². The van der Waals surface area contributed by atoms with Gasteiger partial charge in [0.2, 0.25) is 0 Å². The maximum atomic E-state index is 6.24. The summed E-state index contributed by atoms with van der Waals surface area (Å²) in [5.41, 5.74) is 10.5. The SMILES string of the molecule is CC(C)c1c[c-]c(-c2cc(C(C)C)c([Si](C)(C)C)cn2)cc1.[Ir].[c-]1ccc2c(oc3ccccc32)c1-c1nc2ccccc2n1-c1ccccc1. The van der Waals surface area contributed by atoms with E-state index >= 15 is 0 Å². The van der Waals surface area contributed by atoms with Crippen LogP contribution in [-0.4, -0.2) is 22.6 Å². The minimum Gasteiger partial charge on any atom is -0.501 e. The topological polar surface area (TPSA) is 43.9 Å². The van der Waals surface area contributed by atoms with Crippen molar-refractivity contribution in [2.75, 3.05) is 0 Å². The summed E-state index contributed by atoms with van der Waals surface area (Å²) < 4.78 is 8.41. The van der Waals surface area contributed by atoms with Crippen LogP contribution in [-0.2, 0) is 20.1 Å². The second-order valence-corrected chi connectivity index (χ2v) is 19.6. The zero-order valence-corrected chi connectivity index (χ0v) is 33.7. The molecule has 1 radical (unpaired) electrons. The molecule has 0 unspecified atom stereocenters. The van der Waals surface area contributed by atoms with Crippen molar-refractivity contribution >= 4 is 46.2 Å². The predicted octanol–water partition coefficient (Wildman–Crippen LogP) is 11.7. The summed E-state index contributed by atoms with van der Waals surface area (Å²) in [6, 6.07) is 46.1. The Hall–Kier alpha value is -4.61. The fourth-order valence-electron chi connectivity index (χ4n) is 6.57. The fraction of sp³-hybridized carbons (Fsp3) is 0.200.